The lowest BCUT2D eigenvalue weighted by molar-refractivity contribution is 0.233. The van der Waals surface area contributed by atoms with Crippen LogP contribution >= 0.6 is 11.6 Å². The summed E-state index contributed by atoms with van der Waals surface area (Å²) in [6, 6.07) is 6.10. The minimum absolute atomic E-state index is 0.0671. The summed E-state index contributed by atoms with van der Waals surface area (Å²) in [5, 5.41) is 9.36. The van der Waals surface area contributed by atoms with E-state index >= 15 is 0 Å². The zero-order valence-electron chi connectivity index (χ0n) is 10.5. The van der Waals surface area contributed by atoms with Crippen LogP contribution in [0.4, 0.5) is 0 Å². The minimum Gasteiger partial charge on any atom is -0.396 e. The van der Waals surface area contributed by atoms with Crippen molar-refractivity contribution in [2.45, 2.75) is 37.1 Å². The van der Waals surface area contributed by atoms with Gasteiger partial charge in [0.15, 0.2) is 0 Å². The fraction of sp³-hybridized carbons (Fsp3) is 0.500. The summed E-state index contributed by atoms with van der Waals surface area (Å²) in [6.45, 7) is 3.57. The number of aliphatic hydroxyl groups is 1. The molecule has 0 aromatic heterocycles. The molecule has 1 aromatic carbocycles. The number of nitrogens with one attached hydrogen (secondary N) is 1. The molecule has 0 aliphatic carbocycles. The van der Waals surface area contributed by atoms with Crippen LogP contribution in [0.15, 0.2) is 29.2 Å². The maximum Gasteiger partial charge on any atom is 0.241 e. The molecular weight excluding hydrogens is 274 g/mol. The summed E-state index contributed by atoms with van der Waals surface area (Å²) >= 11 is 5.78. The van der Waals surface area contributed by atoms with Crippen molar-refractivity contribution in [3.8, 4) is 0 Å². The minimum atomic E-state index is -3.62. The lowest BCUT2D eigenvalue weighted by Gasteiger charge is -2.28. The quantitative estimate of drug-likeness (QED) is 0.844. The van der Waals surface area contributed by atoms with Gasteiger partial charge in [-0.15, -0.1) is 0 Å². The van der Waals surface area contributed by atoms with Crippen LogP contribution in [0.3, 0.4) is 0 Å². The molecule has 1 unspecified atom stereocenters. The molecule has 18 heavy (non-hydrogen) atoms. The van der Waals surface area contributed by atoms with Crippen molar-refractivity contribution in [3.63, 3.8) is 0 Å². The monoisotopic (exact) mass is 291 g/mol. The van der Waals surface area contributed by atoms with Crippen molar-refractivity contribution in [2.75, 3.05) is 6.61 Å². The number of halogens is 1. The largest absolute Gasteiger partial charge is 0.396 e. The molecule has 1 rings (SSSR count). The smallest absolute Gasteiger partial charge is 0.241 e. The third kappa shape index (κ3) is 3.95. The zero-order chi connectivity index (χ0) is 13.8. The molecule has 1 atom stereocenters. The van der Waals surface area contributed by atoms with Gasteiger partial charge >= 0.3 is 0 Å². The number of hydrogen-bond donors (Lipinski definition) is 2. The molecule has 0 aliphatic rings. The molecule has 4 nitrogen and oxygen atoms in total. The van der Waals surface area contributed by atoms with Crippen LogP contribution in [0.1, 0.15) is 26.7 Å². The standard InChI is InChI=1S/C12H18ClNO3S/c1-3-12(2,7-8-15)14-18(16,17)11-6-4-5-10(13)9-11/h4-6,9,14-15H,3,7-8H2,1-2H3. The first kappa shape index (κ1) is 15.4. The summed E-state index contributed by atoms with van der Waals surface area (Å²) < 4.78 is 27.0. The fourth-order valence-electron chi connectivity index (χ4n) is 1.56. The second kappa shape index (κ2) is 6.02. The van der Waals surface area contributed by atoms with Crippen molar-refractivity contribution in [3.05, 3.63) is 29.3 Å². The predicted octanol–water partition coefficient (Wildman–Crippen LogP) is 2.17. The average molecular weight is 292 g/mol. The molecule has 0 bridgehead atoms. The van der Waals surface area contributed by atoms with E-state index in [0.29, 0.717) is 17.9 Å². The molecule has 0 fully saturated rings. The normalized spacial score (nSPS) is 15.3. The van der Waals surface area contributed by atoms with Crippen LogP contribution in [-0.2, 0) is 10.0 Å². The molecule has 102 valence electrons. The second-order valence-electron chi connectivity index (χ2n) is 4.45. The van der Waals surface area contributed by atoms with Gasteiger partial charge in [-0.25, -0.2) is 13.1 Å². The van der Waals surface area contributed by atoms with Crippen LogP contribution in [0.5, 0.6) is 0 Å². The Kier molecular flexibility index (Phi) is 5.16. The number of rotatable bonds is 6. The van der Waals surface area contributed by atoms with E-state index < -0.39 is 15.6 Å². The molecule has 0 saturated carbocycles. The molecule has 0 heterocycles. The Morgan fingerprint density at radius 3 is 2.61 bits per heavy atom. The van der Waals surface area contributed by atoms with E-state index in [4.69, 9.17) is 16.7 Å². The Hall–Kier alpha value is -0.620. The molecule has 0 amide bonds. The summed E-state index contributed by atoms with van der Waals surface area (Å²) in [5.41, 5.74) is -0.657. The number of benzene rings is 1. The van der Waals surface area contributed by atoms with Crippen molar-refractivity contribution < 1.29 is 13.5 Å². The first-order chi connectivity index (χ1) is 8.33. The first-order valence-electron chi connectivity index (χ1n) is 5.73. The van der Waals surface area contributed by atoms with Gasteiger partial charge in [0.25, 0.3) is 0 Å². The van der Waals surface area contributed by atoms with E-state index in [1.165, 1.54) is 12.1 Å². The van der Waals surface area contributed by atoms with Gasteiger partial charge in [-0.1, -0.05) is 24.6 Å². The van der Waals surface area contributed by atoms with Crippen LogP contribution in [-0.4, -0.2) is 25.7 Å². The Morgan fingerprint density at radius 2 is 2.11 bits per heavy atom. The average Bonchev–Trinajstić information content (AvgIpc) is 2.28. The number of sulfonamides is 1. The van der Waals surface area contributed by atoms with Crippen molar-refractivity contribution in [2.24, 2.45) is 0 Å². The summed E-state index contributed by atoms with van der Waals surface area (Å²) in [5.74, 6) is 0. The molecule has 1 aromatic rings. The van der Waals surface area contributed by atoms with Gasteiger partial charge in [0, 0.05) is 17.2 Å². The van der Waals surface area contributed by atoms with Crippen molar-refractivity contribution in [1.29, 1.82) is 0 Å². The van der Waals surface area contributed by atoms with Gasteiger partial charge in [-0.05, 0) is 38.0 Å². The van der Waals surface area contributed by atoms with Gasteiger partial charge in [0.2, 0.25) is 10.0 Å². The molecule has 2 N–H and O–H groups in total. The van der Waals surface area contributed by atoms with E-state index in [1.54, 1.807) is 19.1 Å². The molecule has 0 spiro atoms. The van der Waals surface area contributed by atoms with Gasteiger partial charge < -0.3 is 5.11 Å². The van der Waals surface area contributed by atoms with Crippen molar-refractivity contribution >= 4 is 21.6 Å². The first-order valence-corrected chi connectivity index (χ1v) is 7.59. The number of aliphatic hydroxyl groups excluding tert-OH is 1. The van der Waals surface area contributed by atoms with Gasteiger partial charge in [0.05, 0.1) is 4.90 Å². The Labute approximate surface area is 113 Å². The summed E-state index contributed by atoms with van der Waals surface area (Å²) in [4.78, 5) is 0.132. The van der Waals surface area contributed by atoms with Crippen LogP contribution in [0.2, 0.25) is 5.02 Å². The predicted molar refractivity (Wildman–Crippen MR) is 72.2 cm³/mol. The van der Waals surface area contributed by atoms with Crippen LogP contribution < -0.4 is 4.72 Å². The number of hydrogen-bond acceptors (Lipinski definition) is 3. The van der Waals surface area contributed by atoms with E-state index in [0.717, 1.165) is 0 Å². The Morgan fingerprint density at radius 1 is 1.44 bits per heavy atom. The highest BCUT2D eigenvalue weighted by Crippen LogP contribution is 2.20. The van der Waals surface area contributed by atoms with Crippen molar-refractivity contribution in [1.82, 2.24) is 4.72 Å². The fourth-order valence-corrected chi connectivity index (χ4v) is 3.37. The summed E-state index contributed by atoms with van der Waals surface area (Å²) in [7, 11) is -3.62. The van der Waals surface area contributed by atoms with Crippen LogP contribution in [0, 0.1) is 0 Å². The molecule has 0 aliphatic heterocycles. The van der Waals surface area contributed by atoms with E-state index in [9.17, 15) is 8.42 Å². The third-order valence-electron chi connectivity index (χ3n) is 2.93. The van der Waals surface area contributed by atoms with E-state index in [-0.39, 0.29) is 11.5 Å². The highest BCUT2D eigenvalue weighted by atomic mass is 35.5. The third-order valence-corrected chi connectivity index (χ3v) is 4.80. The van der Waals surface area contributed by atoms with Gasteiger partial charge in [0.1, 0.15) is 0 Å². The molecule has 6 heteroatoms. The zero-order valence-corrected chi connectivity index (χ0v) is 12.1. The Bertz CT molecular complexity index is 504. The van der Waals surface area contributed by atoms with E-state index in [1.807, 2.05) is 6.92 Å². The van der Waals surface area contributed by atoms with Crippen LogP contribution in [0.25, 0.3) is 0 Å². The summed E-state index contributed by atoms with van der Waals surface area (Å²) in [6.07, 6.45) is 0.955. The topological polar surface area (TPSA) is 66.4 Å². The molecule has 0 radical (unpaired) electrons. The molecular formula is C12H18ClNO3S. The highest BCUT2D eigenvalue weighted by Gasteiger charge is 2.28. The Balaban J connectivity index is 3.01. The second-order valence-corrected chi connectivity index (χ2v) is 6.57. The highest BCUT2D eigenvalue weighted by molar-refractivity contribution is 7.89. The maximum atomic E-state index is 12.2. The van der Waals surface area contributed by atoms with E-state index in [2.05, 4.69) is 4.72 Å². The molecule has 0 saturated heterocycles. The van der Waals surface area contributed by atoms with Gasteiger partial charge in [-0.3, -0.25) is 0 Å². The van der Waals surface area contributed by atoms with Gasteiger partial charge in [-0.2, -0.15) is 0 Å². The SMILES string of the molecule is CCC(C)(CCO)NS(=O)(=O)c1cccc(Cl)c1. The lowest BCUT2D eigenvalue weighted by Crippen LogP contribution is -2.46. The maximum absolute atomic E-state index is 12.2. The lowest BCUT2D eigenvalue weighted by atomic mass is 9.97.